The Morgan fingerprint density at radius 1 is 1.00 bits per heavy atom. The van der Waals surface area contributed by atoms with Crippen molar-refractivity contribution in [2.75, 3.05) is 5.73 Å². The summed E-state index contributed by atoms with van der Waals surface area (Å²) in [6.45, 7) is 15.4. The van der Waals surface area contributed by atoms with Crippen molar-refractivity contribution >= 4 is 29.6 Å². The van der Waals surface area contributed by atoms with E-state index in [4.69, 9.17) is 10.7 Å². The molecule has 3 aromatic rings. The van der Waals surface area contributed by atoms with E-state index in [0.29, 0.717) is 5.92 Å². The van der Waals surface area contributed by atoms with Gasteiger partial charge in [-0.3, -0.25) is 9.98 Å². The molecule has 1 aromatic heterocycles. The highest BCUT2D eigenvalue weighted by Crippen LogP contribution is 2.35. The highest BCUT2D eigenvalue weighted by molar-refractivity contribution is 5.64. The van der Waals surface area contributed by atoms with E-state index in [1.54, 1.807) is 0 Å². The molecule has 1 aliphatic rings. The molecule has 3 heteroatoms. The minimum atomic E-state index is 0.0794. The molecule has 0 spiro atoms. The van der Waals surface area contributed by atoms with E-state index < -0.39 is 0 Å². The fourth-order valence-corrected chi connectivity index (χ4v) is 6.40. The van der Waals surface area contributed by atoms with Crippen LogP contribution in [0.3, 0.4) is 0 Å². The first-order valence-electron chi connectivity index (χ1n) is 16.6. The zero-order valence-corrected chi connectivity index (χ0v) is 28.0. The summed E-state index contributed by atoms with van der Waals surface area (Å²) in [5.41, 5.74) is 15.9. The van der Waals surface area contributed by atoms with Gasteiger partial charge >= 0.3 is 0 Å². The maximum Gasteiger partial charge on any atom is 0.0434 e. The molecule has 1 heterocycles. The number of nitrogens with two attached hydrogens (primary N) is 1. The van der Waals surface area contributed by atoms with Crippen LogP contribution in [-0.2, 0) is 6.42 Å². The number of aliphatic imine (C=N–C) groups is 1. The molecule has 2 aromatic carbocycles. The fraction of sp³-hybridized carbons (Fsp3) is 0.333. The number of anilines is 1. The maximum atomic E-state index is 6.29. The summed E-state index contributed by atoms with van der Waals surface area (Å²) in [7, 11) is 0. The number of para-hydroxylation sites is 1. The van der Waals surface area contributed by atoms with Gasteiger partial charge in [0.1, 0.15) is 0 Å². The highest BCUT2D eigenvalue weighted by Gasteiger charge is 2.21. The number of hydrogen-bond acceptors (Lipinski definition) is 3. The maximum absolute atomic E-state index is 6.29. The van der Waals surface area contributed by atoms with Crippen molar-refractivity contribution in [3.63, 3.8) is 0 Å². The number of nitrogens with zero attached hydrogens (tertiary/aromatic N) is 2. The Bertz CT molecular complexity index is 1680. The van der Waals surface area contributed by atoms with Gasteiger partial charge in [0.2, 0.25) is 0 Å². The highest BCUT2D eigenvalue weighted by atomic mass is 14.7. The lowest BCUT2D eigenvalue weighted by molar-refractivity contribution is 0.514. The number of rotatable bonds is 13. The molecular formula is C42H51N3. The van der Waals surface area contributed by atoms with Crippen LogP contribution < -0.4 is 16.2 Å². The normalized spacial score (nSPS) is 16.6. The van der Waals surface area contributed by atoms with E-state index in [1.165, 1.54) is 38.3 Å². The smallest absolute Gasteiger partial charge is 0.0434 e. The van der Waals surface area contributed by atoms with Gasteiger partial charge in [-0.15, -0.1) is 0 Å². The summed E-state index contributed by atoms with van der Waals surface area (Å²) in [5, 5.41) is 2.58. The van der Waals surface area contributed by atoms with Gasteiger partial charge < -0.3 is 5.73 Å². The molecule has 2 N–H and O–H groups in total. The van der Waals surface area contributed by atoms with Crippen LogP contribution >= 0.6 is 0 Å². The topological polar surface area (TPSA) is 51.3 Å². The summed E-state index contributed by atoms with van der Waals surface area (Å²) in [4.78, 5) is 9.09. The Kier molecular flexibility index (Phi) is 12.5. The van der Waals surface area contributed by atoms with E-state index in [2.05, 4.69) is 119 Å². The first kappa shape index (κ1) is 33.6. The van der Waals surface area contributed by atoms with Gasteiger partial charge in [0, 0.05) is 35.6 Å². The first-order chi connectivity index (χ1) is 21.8. The summed E-state index contributed by atoms with van der Waals surface area (Å²) in [6.07, 6.45) is 21.8. The third-order valence-electron chi connectivity index (χ3n) is 8.82. The second kappa shape index (κ2) is 16.7. The summed E-state index contributed by atoms with van der Waals surface area (Å²) in [6, 6.07) is 21.2. The van der Waals surface area contributed by atoms with E-state index in [9.17, 15) is 0 Å². The monoisotopic (exact) mass is 597 g/mol. The number of hydrogen-bond donors (Lipinski definition) is 1. The average Bonchev–Trinajstić information content (AvgIpc) is 3.05. The van der Waals surface area contributed by atoms with Crippen LogP contribution in [0.2, 0.25) is 0 Å². The fourth-order valence-electron chi connectivity index (χ4n) is 6.40. The largest absolute Gasteiger partial charge is 0.399 e. The van der Waals surface area contributed by atoms with Crippen LogP contribution in [0.1, 0.15) is 77.8 Å². The lowest BCUT2D eigenvalue weighted by atomic mass is 9.81. The molecule has 0 fully saturated rings. The SMILES string of the molecule is C=N/C(=C\C(C1=CCCC(CCc2ccccc2N)=C1)/C(C)=c1\cccc\c1=C\CC)C(/C=C(\C)c1cccnc1)CC(C)C. The number of benzene rings is 2. The van der Waals surface area contributed by atoms with Gasteiger partial charge in [0.15, 0.2) is 0 Å². The third-order valence-corrected chi connectivity index (χ3v) is 8.82. The molecule has 45 heavy (non-hydrogen) atoms. The zero-order valence-electron chi connectivity index (χ0n) is 28.0. The van der Waals surface area contributed by atoms with Crippen molar-refractivity contribution in [2.24, 2.45) is 22.7 Å². The molecule has 0 saturated heterocycles. The number of pyridine rings is 1. The lowest BCUT2D eigenvalue weighted by Crippen LogP contribution is -2.28. The quantitative estimate of drug-likeness (QED) is 0.158. The number of aryl methyl sites for hydroxylation is 1. The Morgan fingerprint density at radius 2 is 1.78 bits per heavy atom. The molecule has 0 bridgehead atoms. The van der Waals surface area contributed by atoms with E-state index >= 15 is 0 Å². The van der Waals surface area contributed by atoms with Crippen LogP contribution in [0.25, 0.3) is 17.2 Å². The summed E-state index contributed by atoms with van der Waals surface area (Å²) >= 11 is 0. The van der Waals surface area contributed by atoms with Crippen molar-refractivity contribution in [3.05, 3.63) is 136 Å². The van der Waals surface area contributed by atoms with Gasteiger partial charge in [-0.05, 0) is 110 Å². The molecular weight excluding hydrogens is 546 g/mol. The Morgan fingerprint density at radius 3 is 2.49 bits per heavy atom. The zero-order chi connectivity index (χ0) is 32.2. The predicted octanol–water partition coefficient (Wildman–Crippen LogP) is 9.27. The van der Waals surface area contributed by atoms with Gasteiger partial charge in [-0.2, -0.15) is 0 Å². The third kappa shape index (κ3) is 9.38. The van der Waals surface area contributed by atoms with Crippen molar-refractivity contribution in [3.8, 4) is 0 Å². The van der Waals surface area contributed by atoms with Gasteiger partial charge in [0.05, 0.1) is 0 Å². The molecule has 1 aliphatic carbocycles. The molecule has 2 unspecified atom stereocenters. The summed E-state index contributed by atoms with van der Waals surface area (Å²) < 4.78 is 0. The molecule has 0 aliphatic heterocycles. The summed E-state index contributed by atoms with van der Waals surface area (Å²) in [5.74, 6) is 0.729. The molecule has 0 radical (unpaired) electrons. The van der Waals surface area contributed by atoms with Crippen LogP contribution in [0.15, 0.2) is 119 Å². The predicted molar refractivity (Wildman–Crippen MR) is 196 cm³/mol. The van der Waals surface area contributed by atoms with Crippen LogP contribution in [0.4, 0.5) is 5.69 Å². The van der Waals surface area contributed by atoms with Gasteiger partial charge in [-0.25, -0.2) is 0 Å². The Labute approximate surface area is 271 Å². The standard InChI is InChI=1S/C42H51N3/c1-7-14-34-16-8-10-20-39(34)32(5)40(36-18-12-15-33(27-36)22-23-35-17-9-11-21-41(35)43)28-42(44-6)38(25-30(2)3)26-31(4)37-19-13-24-45-29-37/h8-11,13-14,16-21,24,26-30,38,40H,6-7,12,15,22-23,25,43H2,1-5H3/b31-26+,34-14-,39-32+,42-28-. The van der Waals surface area contributed by atoms with Crippen molar-refractivity contribution in [1.29, 1.82) is 0 Å². The van der Waals surface area contributed by atoms with Crippen molar-refractivity contribution in [1.82, 2.24) is 4.98 Å². The molecule has 0 saturated carbocycles. The minimum absolute atomic E-state index is 0.0794. The molecule has 3 nitrogen and oxygen atoms in total. The van der Waals surface area contributed by atoms with Gasteiger partial charge in [-0.1, -0.05) is 111 Å². The molecule has 0 amide bonds. The van der Waals surface area contributed by atoms with Crippen LogP contribution in [-0.4, -0.2) is 11.7 Å². The van der Waals surface area contributed by atoms with Crippen LogP contribution in [0, 0.1) is 17.8 Å². The minimum Gasteiger partial charge on any atom is -0.399 e. The van der Waals surface area contributed by atoms with E-state index in [0.717, 1.165) is 55.5 Å². The number of aromatic nitrogens is 1. The lowest BCUT2D eigenvalue weighted by Gasteiger charge is -2.24. The van der Waals surface area contributed by atoms with Crippen molar-refractivity contribution < 1.29 is 0 Å². The number of allylic oxidation sites excluding steroid dienone is 7. The number of nitrogen functional groups attached to an aromatic ring is 1. The Hall–Kier alpha value is -4.24. The second-order valence-electron chi connectivity index (χ2n) is 12.7. The molecule has 234 valence electrons. The van der Waals surface area contributed by atoms with Gasteiger partial charge in [0.25, 0.3) is 0 Å². The second-order valence-corrected chi connectivity index (χ2v) is 12.7. The van der Waals surface area contributed by atoms with Crippen molar-refractivity contribution in [2.45, 2.75) is 73.1 Å². The molecule has 4 rings (SSSR count). The van der Waals surface area contributed by atoms with E-state index in [-0.39, 0.29) is 11.8 Å². The first-order valence-corrected chi connectivity index (χ1v) is 16.6. The molecule has 2 atom stereocenters. The Balaban J connectivity index is 1.82. The van der Waals surface area contributed by atoms with E-state index in [1.807, 2.05) is 30.6 Å². The van der Waals surface area contributed by atoms with Crippen LogP contribution in [0.5, 0.6) is 0 Å². The average molecular weight is 598 g/mol.